The Balaban J connectivity index is 1.84. The van der Waals surface area contributed by atoms with Crippen LogP contribution >= 0.6 is 0 Å². The number of benzene rings is 1. The number of carbonyl (C=O) groups excluding carboxylic acids is 2. The van der Waals surface area contributed by atoms with Crippen LogP contribution in [0, 0.1) is 17.5 Å². The molecule has 0 heterocycles. The predicted octanol–water partition coefficient (Wildman–Crippen LogP) is 1.84. The van der Waals surface area contributed by atoms with E-state index in [0.29, 0.717) is 18.7 Å². The number of nitrogens with one attached hydrogen (secondary N) is 2. The lowest BCUT2D eigenvalue weighted by Crippen LogP contribution is -2.37. The molecule has 7 heteroatoms. The van der Waals surface area contributed by atoms with E-state index in [4.69, 9.17) is 0 Å². The highest BCUT2D eigenvalue weighted by atomic mass is 19.2. The van der Waals surface area contributed by atoms with Crippen molar-refractivity contribution in [1.82, 2.24) is 10.6 Å². The second kappa shape index (κ2) is 6.93. The molecule has 0 fully saturated rings. The average molecular weight is 310 g/mol. The lowest BCUT2D eigenvalue weighted by Gasteiger charge is -2.07. The summed E-state index contributed by atoms with van der Waals surface area (Å²) in [5, 5.41) is 4.79. The van der Waals surface area contributed by atoms with Gasteiger partial charge in [-0.05, 0) is 24.1 Å². The summed E-state index contributed by atoms with van der Waals surface area (Å²) in [7, 11) is 0. The molecule has 0 spiro atoms. The number of hydrogen-bond donors (Lipinski definition) is 2. The van der Waals surface area contributed by atoms with Crippen LogP contribution < -0.4 is 10.6 Å². The Morgan fingerprint density at radius 2 is 1.77 bits per heavy atom. The van der Waals surface area contributed by atoms with Crippen LogP contribution in [0.4, 0.5) is 13.2 Å². The van der Waals surface area contributed by atoms with Crippen LogP contribution in [0.1, 0.15) is 16.8 Å². The number of halogens is 3. The van der Waals surface area contributed by atoms with Crippen molar-refractivity contribution in [2.75, 3.05) is 13.1 Å². The van der Waals surface area contributed by atoms with E-state index in [1.165, 1.54) is 0 Å². The second-order valence-electron chi connectivity index (χ2n) is 4.63. The van der Waals surface area contributed by atoms with Crippen LogP contribution in [-0.2, 0) is 4.79 Å². The molecule has 0 aromatic heterocycles. The summed E-state index contributed by atoms with van der Waals surface area (Å²) >= 11 is 0. The summed E-state index contributed by atoms with van der Waals surface area (Å²) in [4.78, 5) is 23.2. The highest BCUT2D eigenvalue weighted by Crippen LogP contribution is 2.13. The van der Waals surface area contributed by atoms with Gasteiger partial charge in [-0.2, -0.15) is 0 Å². The van der Waals surface area contributed by atoms with Crippen molar-refractivity contribution in [2.24, 2.45) is 0 Å². The van der Waals surface area contributed by atoms with Gasteiger partial charge in [0, 0.05) is 12.1 Å². The highest BCUT2D eigenvalue weighted by Gasteiger charge is 2.15. The van der Waals surface area contributed by atoms with Gasteiger partial charge in [-0.15, -0.1) is 0 Å². The van der Waals surface area contributed by atoms with E-state index < -0.39 is 34.8 Å². The first-order valence-electron chi connectivity index (χ1n) is 6.52. The lowest BCUT2D eigenvalue weighted by atomic mass is 10.2. The zero-order valence-electron chi connectivity index (χ0n) is 11.5. The molecule has 0 saturated heterocycles. The molecule has 0 aliphatic heterocycles. The maximum absolute atomic E-state index is 13.0. The largest absolute Gasteiger partial charge is 0.351 e. The van der Waals surface area contributed by atoms with E-state index in [-0.39, 0.29) is 6.54 Å². The third-order valence-electron chi connectivity index (χ3n) is 2.99. The molecule has 0 saturated carbocycles. The average Bonchev–Trinajstić information content (AvgIpc) is 3.01. The monoisotopic (exact) mass is 310 g/mol. The summed E-state index contributed by atoms with van der Waals surface area (Å²) in [6.07, 6.45) is 6.59. The third kappa shape index (κ3) is 3.97. The summed E-state index contributed by atoms with van der Waals surface area (Å²) in [5.74, 6) is -5.89. The topological polar surface area (TPSA) is 58.2 Å². The molecule has 0 bridgehead atoms. The molecular weight excluding hydrogens is 297 g/mol. The normalized spacial score (nSPS) is 13.0. The van der Waals surface area contributed by atoms with E-state index >= 15 is 0 Å². The number of rotatable bonds is 5. The lowest BCUT2D eigenvalue weighted by molar-refractivity contribution is -0.119. The van der Waals surface area contributed by atoms with Gasteiger partial charge in [-0.1, -0.05) is 18.2 Å². The minimum atomic E-state index is -1.65. The van der Waals surface area contributed by atoms with Gasteiger partial charge >= 0.3 is 0 Å². The van der Waals surface area contributed by atoms with Gasteiger partial charge in [0.15, 0.2) is 17.5 Å². The van der Waals surface area contributed by atoms with Gasteiger partial charge in [0.1, 0.15) is 0 Å². The van der Waals surface area contributed by atoms with Gasteiger partial charge in [0.05, 0.1) is 6.54 Å². The molecule has 22 heavy (non-hydrogen) atoms. The molecule has 1 aromatic carbocycles. The van der Waals surface area contributed by atoms with Crippen LogP contribution in [0.15, 0.2) is 35.9 Å². The molecule has 0 atom stereocenters. The number of hydrogen-bond acceptors (Lipinski definition) is 2. The van der Waals surface area contributed by atoms with Crippen molar-refractivity contribution in [1.29, 1.82) is 0 Å². The first kappa shape index (κ1) is 15.8. The SMILES string of the molecule is O=C(CNC(=O)c1cc(F)c(F)c(F)c1)NCC1=CCC=C1. The van der Waals surface area contributed by atoms with Gasteiger partial charge in [0.2, 0.25) is 5.91 Å². The maximum atomic E-state index is 13.0. The van der Waals surface area contributed by atoms with Gasteiger partial charge in [-0.25, -0.2) is 13.2 Å². The maximum Gasteiger partial charge on any atom is 0.251 e. The number of carbonyl (C=O) groups is 2. The van der Waals surface area contributed by atoms with E-state index in [1.54, 1.807) is 0 Å². The Morgan fingerprint density at radius 3 is 2.36 bits per heavy atom. The van der Waals surface area contributed by atoms with E-state index in [0.717, 1.165) is 12.0 Å². The van der Waals surface area contributed by atoms with Gasteiger partial charge in [0.25, 0.3) is 5.91 Å². The van der Waals surface area contributed by atoms with Crippen molar-refractivity contribution < 1.29 is 22.8 Å². The fourth-order valence-corrected chi connectivity index (χ4v) is 1.85. The zero-order chi connectivity index (χ0) is 16.1. The van der Waals surface area contributed by atoms with Gasteiger partial charge < -0.3 is 10.6 Å². The molecule has 2 amide bonds. The third-order valence-corrected chi connectivity index (χ3v) is 2.99. The molecule has 4 nitrogen and oxygen atoms in total. The minimum Gasteiger partial charge on any atom is -0.351 e. The summed E-state index contributed by atoms with van der Waals surface area (Å²) in [6, 6.07) is 1.14. The molecule has 1 aliphatic carbocycles. The predicted molar refractivity (Wildman–Crippen MR) is 73.5 cm³/mol. The van der Waals surface area contributed by atoms with Crippen molar-refractivity contribution >= 4 is 11.8 Å². The van der Waals surface area contributed by atoms with E-state index in [2.05, 4.69) is 10.6 Å². The molecule has 2 rings (SSSR count). The Kier molecular flexibility index (Phi) is 4.98. The van der Waals surface area contributed by atoms with Crippen molar-refractivity contribution in [3.05, 3.63) is 58.9 Å². The molecule has 0 radical (unpaired) electrons. The summed E-state index contributed by atoms with van der Waals surface area (Å²) < 4.78 is 38.8. The molecule has 2 N–H and O–H groups in total. The van der Waals surface area contributed by atoms with E-state index in [9.17, 15) is 22.8 Å². The standard InChI is InChI=1S/C15H13F3N2O2/c16-11-5-10(6-12(17)14(11)18)15(22)20-8-13(21)19-7-9-3-1-2-4-9/h1,3-6H,2,7-8H2,(H,19,21)(H,20,22). The minimum absolute atomic E-state index is 0.338. The fourth-order valence-electron chi connectivity index (χ4n) is 1.85. The van der Waals surface area contributed by atoms with Crippen LogP contribution in [0.3, 0.4) is 0 Å². The Morgan fingerprint density at radius 1 is 1.09 bits per heavy atom. The second-order valence-corrected chi connectivity index (χ2v) is 4.63. The molecule has 0 unspecified atom stereocenters. The van der Waals surface area contributed by atoms with Crippen molar-refractivity contribution in [2.45, 2.75) is 6.42 Å². The zero-order valence-corrected chi connectivity index (χ0v) is 11.5. The van der Waals surface area contributed by atoms with Crippen molar-refractivity contribution in [3.63, 3.8) is 0 Å². The highest BCUT2D eigenvalue weighted by molar-refractivity contribution is 5.96. The Labute approximate surface area is 124 Å². The molecular formula is C15H13F3N2O2. The smallest absolute Gasteiger partial charge is 0.251 e. The molecule has 1 aromatic rings. The summed E-state index contributed by atoms with van der Waals surface area (Å²) in [5.41, 5.74) is 0.563. The van der Waals surface area contributed by atoms with Crippen LogP contribution in [0.2, 0.25) is 0 Å². The van der Waals surface area contributed by atoms with E-state index in [1.807, 2.05) is 18.2 Å². The Hall–Kier alpha value is -2.57. The first-order chi connectivity index (χ1) is 10.5. The van der Waals surface area contributed by atoms with Crippen LogP contribution in [0.25, 0.3) is 0 Å². The van der Waals surface area contributed by atoms with Gasteiger partial charge in [-0.3, -0.25) is 9.59 Å². The molecule has 1 aliphatic rings. The number of allylic oxidation sites excluding steroid dienone is 2. The number of amides is 2. The fraction of sp³-hybridized carbons (Fsp3) is 0.200. The molecule has 116 valence electrons. The van der Waals surface area contributed by atoms with Crippen LogP contribution in [-0.4, -0.2) is 24.9 Å². The first-order valence-corrected chi connectivity index (χ1v) is 6.52. The Bertz CT molecular complexity index is 646. The summed E-state index contributed by atoms with van der Waals surface area (Å²) in [6.45, 7) is -0.0124. The quantitative estimate of drug-likeness (QED) is 0.815. The van der Waals surface area contributed by atoms with Crippen molar-refractivity contribution in [3.8, 4) is 0 Å². The van der Waals surface area contributed by atoms with Crippen LogP contribution in [0.5, 0.6) is 0 Å².